The zero-order valence-corrected chi connectivity index (χ0v) is 61.1. The van der Waals surface area contributed by atoms with Gasteiger partial charge in [0.1, 0.15) is 0 Å². The topological polar surface area (TPSA) is 0 Å². The van der Waals surface area contributed by atoms with E-state index < -0.39 is 0 Å². The molecule has 0 radical (unpaired) electrons. The van der Waals surface area contributed by atoms with Gasteiger partial charge in [-0.3, -0.25) is 0 Å². The molecule has 0 spiro atoms. The van der Waals surface area contributed by atoms with E-state index in [9.17, 15) is 0 Å². The highest BCUT2D eigenvalue weighted by Crippen LogP contribution is 2.51. The fraction of sp³-hybridized carbons (Fsp3) is 1.00. The molecule has 0 aliphatic rings. The van der Waals surface area contributed by atoms with Crippen molar-refractivity contribution < 1.29 is 0 Å². The fourth-order valence-electron chi connectivity index (χ4n) is 17.4. The van der Waals surface area contributed by atoms with Crippen molar-refractivity contribution in [2.24, 2.45) is 213 Å². The van der Waals surface area contributed by atoms with Crippen LogP contribution in [-0.4, -0.2) is 0 Å². The Morgan fingerprint density at radius 1 is 0.156 bits per heavy atom. The van der Waals surface area contributed by atoms with Crippen molar-refractivity contribution in [1.29, 1.82) is 0 Å². The van der Waals surface area contributed by atoms with E-state index in [2.05, 4.69) is 270 Å². The first-order valence-corrected chi connectivity index (χ1v) is 35.0. The van der Waals surface area contributed by atoms with E-state index in [0.29, 0.717) is 142 Å². The van der Waals surface area contributed by atoms with Crippen LogP contribution in [0.15, 0.2) is 0 Å². The molecule has 0 fully saturated rings. The Hall–Kier alpha value is 0. The molecule has 0 N–H and O–H groups in total. The number of rotatable bonds is 37. The molecule has 35 unspecified atom stereocenters. The summed E-state index contributed by atoms with van der Waals surface area (Å²) in [4.78, 5) is 0. The van der Waals surface area contributed by atoms with Crippen molar-refractivity contribution in [2.75, 3.05) is 0 Å². The van der Waals surface area contributed by atoms with Gasteiger partial charge in [0.15, 0.2) is 0 Å². The molecular formula is C77H156. The molecule has 0 nitrogen and oxygen atoms in total. The van der Waals surface area contributed by atoms with Crippen LogP contribution in [-0.2, 0) is 0 Å². The van der Waals surface area contributed by atoms with Crippen LogP contribution in [0.1, 0.15) is 283 Å². The largest absolute Gasteiger partial charge is 0.0651 e. The van der Waals surface area contributed by atoms with Crippen LogP contribution < -0.4 is 0 Å². The summed E-state index contributed by atoms with van der Waals surface area (Å²) in [6.07, 6.45) is 2.58. The maximum absolute atomic E-state index is 2.63. The van der Waals surface area contributed by atoms with Gasteiger partial charge >= 0.3 is 0 Å². The monoisotopic (exact) mass is 1080 g/mol. The van der Waals surface area contributed by atoms with Gasteiger partial charge in [0.2, 0.25) is 0 Å². The third-order valence-electron chi connectivity index (χ3n) is 31.1. The van der Waals surface area contributed by atoms with Crippen molar-refractivity contribution in [3.05, 3.63) is 0 Å². The summed E-state index contributed by atoms with van der Waals surface area (Å²) in [7, 11) is 0. The van der Waals surface area contributed by atoms with E-state index in [1.165, 1.54) is 12.8 Å². The minimum atomic E-state index is 0.307. The van der Waals surface area contributed by atoms with Crippen molar-refractivity contribution in [3.8, 4) is 0 Å². The summed E-state index contributed by atoms with van der Waals surface area (Å²) >= 11 is 0. The fourth-order valence-corrected chi connectivity index (χ4v) is 17.4. The van der Waals surface area contributed by atoms with Crippen LogP contribution in [0.25, 0.3) is 0 Å². The van der Waals surface area contributed by atoms with Gasteiger partial charge in [-0.1, -0.05) is 283 Å². The first-order chi connectivity index (χ1) is 35.0. The molecular weight excluding hydrogens is 925 g/mol. The molecule has 0 aliphatic carbocycles. The van der Waals surface area contributed by atoms with Gasteiger partial charge in [-0.2, -0.15) is 0 Å². The molecule has 0 aliphatic heterocycles. The maximum atomic E-state index is 2.63. The number of hydrogen-bond acceptors (Lipinski definition) is 0. The van der Waals surface area contributed by atoms with E-state index >= 15 is 0 Å². The Balaban J connectivity index is 5.83. The summed E-state index contributed by atoms with van der Waals surface area (Å²) in [5.41, 5.74) is 0.307. The van der Waals surface area contributed by atoms with Crippen molar-refractivity contribution in [2.45, 2.75) is 283 Å². The average Bonchev–Trinajstić information content (AvgIpc) is 3.43. The molecule has 0 aromatic carbocycles. The predicted molar refractivity (Wildman–Crippen MR) is 355 cm³/mol. The quantitative estimate of drug-likeness (QED) is 0.0582. The maximum Gasteiger partial charge on any atom is -0.0298 e. The van der Waals surface area contributed by atoms with Crippen LogP contribution in [0, 0.1) is 213 Å². The average molecular weight is 1080 g/mol. The van der Waals surface area contributed by atoms with E-state index in [0.717, 1.165) is 71.0 Å². The van der Waals surface area contributed by atoms with E-state index in [1.54, 1.807) is 0 Å². The lowest BCUT2D eigenvalue weighted by Gasteiger charge is -2.48. The van der Waals surface area contributed by atoms with E-state index in [-0.39, 0.29) is 0 Å². The van der Waals surface area contributed by atoms with Gasteiger partial charge in [-0.25, -0.2) is 0 Å². The van der Waals surface area contributed by atoms with Crippen LogP contribution in [0.4, 0.5) is 0 Å². The van der Waals surface area contributed by atoms with Crippen LogP contribution in [0.2, 0.25) is 0 Å². The minimum Gasteiger partial charge on any atom is -0.0651 e. The highest BCUT2D eigenvalue weighted by atomic mass is 14.5. The molecule has 464 valence electrons. The predicted octanol–water partition coefficient (Wildman–Crippen LogP) is 25.1. The van der Waals surface area contributed by atoms with Crippen LogP contribution >= 0.6 is 0 Å². The summed E-state index contributed by atoms with van der Waals surface area (Å²) < 4.78 is 0. The lowest BCUT2D eigenvalue weighted by atomic mass is 9.57. The minimum absolute atomic E-state index is 0.307. The first kappa shape index (κ1) is 77.0. The summed E-state index contributed by atoms with van der Waals surface area (Å²) in [6, 6.07) is 0. The van der Waals surface area contributed by atoms with Crippen LogP contribution in [0.5, 0.6) is 0 Å². The Labute approximate surface area is 492 Å². The van der Waals surface area contributed by atoms with Gasteiger partial charge in [0.25, 0.3) is 0 Å². The second-order valence-corrected chi connectivity index (χ2v) is 32.8. The third-order valence-corrected chi connectivity index (χ3v) is 31.1. The first-order valence-electron chi connectivity index (χ1n) is 35.0. The van der Waals surface area contributed by atoms with Crippen LogP contribution in [0.3, 0.4) is 0 Å². The summed E-state index contributed by atoms with van der Waals surface area (Å²) in [5.74, 6) is 25.2. The Kier molecular flexibility index (Phi) is 33.5. The van der Waals surface area contributed by atoms with Crippen molar-refractivity contribution >= 4 is 0 Å². The summed E-state index contributed by atoms with van der Waals surface area (Å²) in [5, 5.41) is 0. The molecule has 0 heterocycles. The molecule has 0 amide bonds. The third kappa shape index (κ3) is 19.0. The zero-order valence-electron chi connectivity index (χ0n) is 61.1. The van der Waals surface area contributed by atoms with Crippen molar-refractivity contribution in [1.82, 2.24) is 0 Å². The highest BCUT2D eigenvalue weighted by molar-refractivity contribution is 4.93. The lowest BCUT2D eigenvalue weighted by molar-refractivity contribution is 0.00427. The van der Waals surface area contributed by atoms with Crippen molar-refractivity contribution in [3.63, 3.8) is 0 Å². The van der Waals surface area contributed by atoms with Gasteiger partial charge in [0.05, 0.1) is 0 Å². The molecule has 0 saturated carbocycles. The number of hydrogen-bond donors (Lipinski definition) is 0. The molecule has 35 atom stereocenters. The smallest absolute Gasteiger partial charge is 0.0298 e. The second-order valence-electron chi connectivity index (χ2n) is 32.8. The van der Waals surface area contributed by atoms with E-state index in [4.69, 9.17) is 0 Å². The Morgan fingerprint density at radius 3 is 0.377 bits per heavy atom. The van der Waals surface area contributed by atoms with Gasteiger partial charge in [-0.15, -0.1) is 0 Å². The zero-order chi connectivity index (χ0) is 61.1. The molecule has 0 aromatic rings. The second kappa shape index (κ2) is 33.5. The van der Waals surface area contributed by atoms with Gasteiger partial charge < -0.3 is 0 Å². The summed E-state index contributed by atoms with van der Waals surface area (Å²) in [6.45, 7) is 101. The lowest BCUT2D eigenvalue weighted by Crippen LogP contribution is -2.42. The molecule has 0 rings (SSSR count). The van der Waals surface area contributed by atoms with E-state index in [1.807, 2.05) is 0 Å². The molecule has 77 heavy (non-hydrogen) atoms. The molecule has 0 heteroatoms. The van der Waals surface area contributed by atoms with Gasteiger partial charge in [0, 0.05) is 0 Å². The highest BCUT2D eigenvalue weighted by Gasteiger charge is 2.44. The molecule has 0 aromatic heterocycles. The standard InChI is InChI=1S/C77H156/c1-40-42(3)44(5)46(7)47(8)48(9)49(10)50(11)51(12)52(13)53(14)54(15)55(16)56(17)57(18)58(19)59(20)60(21)61(22)62(23)63(24)64(25)65(26)66(27)67(28)68(29)69(30)70(31)71(32)72(33)74(35)76(37)77(38,39)75(36)73(34)45(6)43(4)41-2/h42-76H,40-41H2,1-39H3. The Bertz CT molecular complexity index is 1540. The SMILES string of the molecule is CCC(C)C(C)C(C)C(C)C(C)C(C)C(C)C(C)C(C)C(C)C(C)C(C)C(C)C(C)C(C)C(C)C(C)C(C)C(C)C(C)C(C)C(C)C(C)C(C)C(C)C(C)C(C)C(C)C(C)C(C)C(C)C(C)(C)C(C)C(C)C(C)C(C)CC. The molecule has 0 saturated heterocycles. The molecule has 0 bridgehead atoms. The normalized spacial score (nSPS) is 27.0. The Morgan fingerprint density at radius 2 is 0.247 bits per heavy atom. The van der Waals surface area contributed by atoms with Gasteiger partial charge in [-0.05, 0) is 213 Å².